The summed E-state index contributed by atoms with van der Waals surface area (Å²) in [6.45, 7) is 8.42. The average molecular weight is 165 g/mol. The highest BCUT2D eigenvalue weighted by atomic mass is 15.3. The van der Waals surface area contributed by atoms with Gasteiger partial charge in [0, 0.05) is 18.3 Å². The molecule has 1 rings (SSSR count). The standard InChI is InChI=1S/C9H15N3/c1-3-5-12-8-9(7-11-12)6-10-4-2/h3,7-8,10H,1,4-6H2,2H3. The van der Waals surface area contributed by atoms with Crippen LogP contribution in [0.4, 0.5) is 0 Å². The molecule has 0 saturated carbocycles. The van der Waals surface area contributed by atoms with Gasteiger partial charge in [0.15, 0.2) is 0 Å². The molecule has 0 fully saturated rings. The van der Waals surface area contributed by atoms with E-state index in [2.05, 4.69) is 23.9 Å². The monoisotopic (exact) mass is 165 g/mol. The fourth-order valence-corrected chi connectivity index (χ4v) is 0.999. The predicted octanol–water partition coefficient (Wildman–Crippen LogP) is 1.18. The molecular weight excluding hydrogens is 150 g/mol. The first-order valence-electron chi connectivity index (χ1n) is 4.19. The Labute approximate surface area is 73.1 Å². The summed E-state index contributed by atoms with van der Waals surface area (Å²) in [6, 6.07) is 0. The quantitative estimate of drug-likeness (QED) is 0.664. The van der Waals surface area contributed by atoms with Crippen molar-refractivity contribution in [3.05, 3.63) is 30.6 Å². The van der Waals surface area contributed by atoms with Gasteiger partial charge in [0.05, 0.1) is 12.7 Å². The summed E-state index contributed by atoms with van der Waals surface area (Å²) in [5.74, 6) is 0. The van der Waals surface area contributed by atoms with E-state index in [0.29, 0.717) is 0 Å². The minimum atomic E-state index is 0.784. The fourth-order valence-electron chi connectivity index (χ4n) is 0.999. The number of allylic oxidation sites excluding steroid dienone is 1. The summed E-state index contributed by atoms with van der Waals surface area (Å²) in [6.07, 6.45) is 5.75. The Morgan fingerprint density at radius 1 is 1.75 bits per heavy atom. The molecular formula is C9H15N3. The molecule has 0 aromatic carbocycles. The topological polar surface area (TPSA) is 29.9 Å². The van der Waals surface area contributed by atoms with Crippen LogP contribution >= 0.6 is 0 Å². The van der Waals surface area contributed by atoms with Crippen molar-refractivity contribution in [1.29, 1.82) is 0 Å². The molecule has 1 aromatic heterocycles. The van der Waals surface area contributed by atoms with Gasteiger partial charge in [-0.15, -0.1) is 6.58 Å². The van der Waals surface area contributed by atoms with E-state index in [1.165, 1.54) is 5.56 Å². The number of rotatable bonds is 5. The van der Waals surface area contributed by atoms with Crippen molar-refractivity contribution in [3.8, 4) is 0 Å². The van der Waals surface area contributed by atoms with Crippen molar-refractivity contribution < 1.29 is 0 Å². The van der Waals surface area contributed by atoms with Gasteiger partial charge in [-0.3, -0.25) is 4.68 Å². The third-order valence-electron chi connectivity index (χ3n) is 1.58. The normalized spacial score (nSPS) is 10.1. The van der Waals surface area contributed by atoms with Gasteiger partial charge in [-0.2, -0.15) is 5.10 Å². The van der Waals surface area contributed by atoms with Gasteiger partial charge in [0.2, 0.25) is 0 Å². The van der Waals surface area contributed by atoms with Gasteiger partial charge >= 0.3 is 0 Å². The molecule has 66 valence electrons. The Hall–Kier alpha value is -1.09. The van der Waals surface area contributed by atoms with Crippen LogP contribution in [0.3, 0.4) is 0 Å². The van der Waals surface area contributed by atoms with Crippen LogP contribution < -0.4 is 5.32 Å². The Morgan fingerprint density at radius 3 is 3.25 bits per heavy atom. The van der Waals surface area contributed by atoms with Crippen molar-refractivity contribution in [3.63, 3.8) is 0 Å². The molecule has 0 spiro atoms. The maximum atomic E-state index is 4.16. The Bertz CT molecular complexity index is 240. The van der Waals surface area contributed by atoms with E-state index in [9.17, 15) is 0 Å². The summed E-state index contributed by atoms with van der Waals surface area (Å²) >= 11 is 0. The second-order valence-corrected chi connectivity index (χ2v) is 2.64. The SMILES string of the molecule is C=CCn1cc(CNCC)cn1. The van der Waals surface area contributed by atoms with Crippen molar-refractivity contribution in [2.75, 3.05) is 6.54 Å². The maximum absolute atomic E-state index is 4.16. The Balaban J connectivity index is 2.46. The van der Waals surface area contributed by atoms with E-state index < -0.39 is 0 Å². The molecule has 0 aliphatic rings. The Kier molecular flexibility index (Phi) is 3.54. The summed E-state index contributed by atoms with van der Waals surface area (Å²) in [5, 5.41) is 7.41. The molecule has 0 aliphatic carbocycles. The number of hydrogen-bond acceptors (Lipinski definition) is 2. The molecule has 0 bridgehead atoms. The van der Waals surface area contributed by atoms with E-state index in [0.717, 1.165) is 19.6 Å². The van der Waals surface area contributed by atoms with E-state index in [1.807, 2.05) is 23.2 Å². The Morgan fingerprint density at radius 2 is 2.58 bits per heavy atom. The highest BCUT2D eigenvalue weighted by Crippen LogP contribution is 1.96. The van der Waals surface area contributed by atoms with Crippen LogP contribution in [-0.4, -0.2) is 16.3 Å². The zero-order valence-electron chi connectivity index (χ0n) is 7.45. The first-order chi connectivity index (χ1) is 5.86. The lowest BCUT2D eigenvalue weighted by Crippen LogP contribution is -2.10. The van der Waals surface area contributed by atoms with Crippen LogP contribution in [-0.2, 0) is 13.1 Å². The highest BCUT2D eigenvalue weighted by molar-refractivity contribution is 5.03. The summed E-state index contributed by atoms with van der Waals surface area (Å²) in [5.41, 5.74) is 1.22. The van der Waals surface area contributed by atoms with Crippen LogP contribution in [0.2, 0.25) is 0 Å². The highest BCUT2D eigenvalue weighted by Gasteiger charge is 1.94. The molecule has 0 atom stereocenters. The fraction of sp³-hybridized carbons (Fsp3) is 0.444. The zero-order valence-corrected chi connectivity index (χ0v) is 7.45. The van der Waals surface area contributed by atoms with Crippen molar-refractivity contribution in [2.24, 2.45) is 0 Å². The van der Waals surface area contributed by atoms with Crippen LogP contribution in [0.25, 0.3) is 0 Å². The second-order valence-electron chi connectivity index (χ2n) is 2.64. The first-order valence-corrected chi connectivity index (χ1v) is 4.19. The molecule has 1 heterocycles. The van der Waals surface area contributed by atoms with Crippen molar-refractivity contribution in [1.82, 2.24) is 15.1 Å². The van der Waals surface area contributed by atoms with Crippen LogP contribution in [0.5, 0.6) is 0 Å². The van der Waals surface area contributed by atoms with Gasteiger partial charge in [0.1, 0.15) is 0 Å². The van der Waals surface area contributed by atoms with Crippen LogP contribution in [0, 0.1) is 0 Å². The minimum Gasteiger partial charge on any atom is -0.313 e. The molecule has 1 N–H and O–H groups in total. The lowest BCUT2D eigenvalue weighted by molar-refractivity contribution is 0.697. The van der Waals surface area contributed by atoms with Crippen LogP contribution in [0.1, 0.15) is 12.5 Å². The van der Waals surface area contributed by atoms with Gasteiger partial charge in [0.25, 0.3) is 0 Å². The number of aromatic nitrogens is 2. The summed E-state index contributed by atoms with van der Waals surface area (Å²) in [7, 11) is 0. The molecule has 12 heavy (non-hydrogen) atoms. The van der Waals surface area contributed by atoms with Gasteiger partial charge < -0.3 is 5.32 Å². The number of nitrogens with zero attached hydrogens (tertiary/aromatic N) is 2. The maximum Gasteiger partial charge on any atom is 0.0587 e. The molecule has 0 unspecified atom stereocenters. The van der Waals surface area contributed by atoms with Gasteiger partial charge in [-0.1, -0.05) is 13.0 Å². The van der Waals surface area contributed by atoms with E-state index in [4.69, 9.17) is 0 Å². The molecule has 3 heteroatoms. The predicted molar refractivity (Wildman–Crippen MR) is 49.8 cm³/mol. The minimum absolute atomic E-state index is 0.784. The summed E-state index contributed by atoms with van der Waals surface area (Å²) in [4.78, 5) is 0. The third kappa shape index (κ3) is 2.51. The lowest BCUT2D eigenvalue weighted by atomic mass is 10.3. The molecule has 1 aromatic rings. The molecule has 0 radical (unpaired) electrons. The number of nitrogens with one attached hydrogen (secondary N) is 1. The summed E-state index contributed by atoms with van der Waals surface area (Å²) < 4.78 is 1.87. The first kappa shape index (κ1) is 9.00. The van der Waals surface area contributed by atoms with Gasteiger partial charge in [-0.25, -0.2) is 0 Å². The third-order valence-corrected chi connectivity index (χ3v) is 1.58. The van der Waals surface area contributed by atoms with Crippen molar-refractivity contribution >= 4 is 0 Å². The smallest absolute Gasteiger partial charge is 0.0587 e. The second kappa shape index (κ2) is 4.72. The van der Waals surface area contributed by atoms with Gasteiger partial charge in [-0.05, 0) is 6.54 Å². The molecule has 0 aliphatic heterocycles. The zero-order chi connectivity index (χ0) is 8.81. The molecule has 0 amide bonds. The van der Waals surface area contributed by atoms with E-state index in [1.54, 1.807) is 0 Å². The van der Waals surface area contributed by atoms with E-state index in [-0.39, 0.29) is 0 Å². The largest absolute Gasteiger partial charge is 0.313 e. The average Bonchev–Trinajstić information content (AvgIpc) is 2.50. The lowest BCUT2D eigenvalue weighted by Gasteiger charge is -1.96. The molecule has 3 nitrogen and oxygen atoms in total. The van der Waals surface area contributed by atoms with Crippen molar-refractivity contribution in [2.45, 2.75) is 20.0 Å². The molecule has 0 saturated heterocycles. The van der Waals surface area contributed by atoms with Crippen LogP contribution in [0.15, 0.2) is 25.0 Å². The van der Waals surface area contributed by atoms with E-state index >= 15 is 0 Å². The number of hydrogen-bond donors (Lipinski definition) is 1.